The summed E-state index contributed by atoms with van der Waals surface area (Å²) in [6.07, 6.45) is 4.03. The number of nitrogens with two attached hydrogens (primary N) is 1. The van der Waals surface area contributed by atoms with Crippen LogP contribution < -0.4 is 62.6 Å². The Bertz CT molecular complexity index is 5010. The molecule has 0 spiro atoms. The van der Waals surface area contributed by atoms with E-state index in [1.165, 1.54) is 20.8 Å². The van der Waals surface area contributed by atoms with Crippen molar-refractivity contribution < 1.29 is 124 Å². The van der Waals surface area contributed by atoms with E-state index in [4.69, 9.17) is 77.9 Å². The molecule has 12 aliphatic heterocycles. The molecule has 32 nitrogen and oxygen atoms in total. The molecule has 18 rings (SSSR count). The number of rotatable bonds is 9. The molecule has 0 aliphatic carbocycles. The molecular weight excluding hydrogens is 1640 g/mol. The molecular formula is C87H108AgN10O22. The summed E-state index contributed by atoms with van der Waals surface area (Å²) in [6.45, 7) is 20.2. The summed E-state index contributed by atoms with van der Waals surface area (Å²) in [4.78, 5) is 58.3. The first-order valence-electron chi connectivity index (χ1n) is 39.4. The van der Waals surface area contributed by atoms with E-state index in [1.807, 2.05) is 62.7 Å². The van der Waals surface area contributed by atoms with Gasteiger partial charge in [0.15, 0.2) is 69.0 Å². The van der Waals surface area contributed by atoms with Gasteiger partial charge in [0.05, 0.1) is 63.7 Å². The van der Waals surface area contributed by atoms with Crippen molar-refractivity contribution in [3.8, 4) is 98.4 Å². The topological polar surface area (TPSA) is 399 Å². The van der Waals surface area contributed by atoms with Gasteiger partial charge in [-0.15, -0.1) is 10.1 Å². The van der Waals surface area contributed by atoms with Crippen molar-refractivity contribution >= 4 is 17.9 Å². The Morgan fingerprint density at radius 1 is 0.483 bits per heavy atom. The molecule has 649 valence electrons. The number of methoxy groups -OCH3 is 3. The zero-order chi connectivity index (χ0) is 84.0. The van der Waals surface area contributed by atoms with Gasteiger partial charge in [-0.05, 0) is 147 Å². The zero-order valence-corrected chi connectivity index (χ0v) is 70.4. The molecule has 1 radical (unpaired) electrons. The van der Waals surface area contributed by atoms with E-state index < -0.39 is 35.3 Å². The number of likely N-dealkylation sites (N-methyl/N-ethyl adjacent to an activating group) is 3. The fraction of sp³-hybridized carbons (Fsp3) is 0.529. The number of phenols is 3. The first-order valence-corrected chi connectivity index (χ1v) is 39.4. The average Bonchev–Trinajstić information content (AvgIpc) is 0.901. The fourth-order valence-corrected chi connectivity index (χ4v) is 22.2. The number of fused-ring (bicyclic) bond motifs is 27. The Morgan fingerprint density at radius 2 is 0.758 bits per heavy atom. The van der Waals surface area contributed by atoms with Crippen LogP contribution in [0.4, 0.5) is 0 Å². The number of ether oxygens (including phenoxy) is 12. The fourth-order valence-electron chi connectivity index (χ4n) is 22.2. The van der Waals surface area contributed by atoms with Gasteiger partial charge in [0.1, 0.15) is 35.6 Å². The van der Waals surface area contributed by atoms with Crippen LogP contribution in [0.5, 0.6) is 86.2 Å². The number of carbonyl (C=O) groups excluding carboxylic acids is 3. The van der Waals surface area contributed by atoms with Crippen LogP contribution in [0.3, 0.4) is 0 Å². The van der Waals surface area contributed by atoms with Crippen LogP contribution in [-0.4, -0.2) is 202 Å². The number of esters is 3. The summed E-state index contributed by atoms with van der Waals surface area (Å²) < 4.78 is 69.6. The van der Waals surface area contributed by atoms with Crippen molar-refractivity contribution in [3.63, 3.8) is 0 Å². The van der Waals surface area contributed by atoms with Gasteiger partial charge >= 0.3 is 17.9 Å². The molecule has 3 saturated heterocycles. The second-order valence-electron chi connectivity index (χ2n) is 32.2. The summed E-state index contributed by atoms with van der Waals surface area (Å²) in [5, 5.41) is 80.9. The first-order chi connectivity index (χ1) is 55.9. The SMILES string of the molecule is C.C.CC[C@H]1c2c(c(OC(C)=O)c(C)c3c2OCO3)CC2[C@H]3c4c(cc(C)c(OC)c4O)C[C@@H]([C@H](C#N)N21)N3C.CC[C@H]1c2c(c(OC(C)=O)c(C)c3c2OCO3)CC2[C@H]3c4c(cc(C)c(OC)c4O)C[C@@H]([C@H](O)N21)N3C.COc1c(C)cc2c(c1O)[C@@H]1C3Cc4c(OC(C)=O)c(C)c5c(c4[C@H](CN)N3[C@@H](C#N)[C@H](C2)N1C)OCO5.O=[N+]([O-])O.[Ag]. The van der Waals surface area contributed by atoms with E-state index in [0.29, 0.717) is 120 Å². The Balaban J connectivity index is 0.000000159. The number of aliphatic hydroxyl groups is 1. The van der Waals surface area contributed by atoms with Gasteiger partial charge in [0, 0.05) is 159 Å². The number of hydrogen-bond donors (Lipinski definition) is 6. The largest absolute Gasteiger partial charge is 0.504 e. The van der Waals surface area contributed by atoms with E-state index >= 15 is 0 Å². The van der Waals surface area contributed by atoms with Crippen LogP contribution in [0.2, 0.25) is 0 Å². The molecule has 15 atom stereocenters. The van der Waals surface area contributed by atoms with Crippen molar-refractivity contribution in [2.75, 3.05) is 69.4 Å². The summed E-state index contributed by atoms with van der Waals surface area (Å²) in [5.41, 5.74) is 22.1. The number of nitriles is 2. The normalized spacial score (nSPS) is 26.0. The quantitative estimate of drug-likeness (QED) is 0.0257. The van der Waals surface area contributed by atoms with Crippen molar-refractivity contribution in [1.82, 2.24) is 29.4 Å². The number of hydrogen-bond acceptors (Lipinski definition) is 30. The molecule has 7 N–H and O–H groups in total. The van der Waals surface area contributed by atoms with Crippen molar-refractivity contribution in [2.24, 2.45) is 5.73 Å². The minimum atomic E-state index is -1.50. The predicted molar refractivity (Wildman–Crippen MR) is 431 cm³/mol. The molecule has 33 heteroatoms. The molecule has 6 bridgehead atoms. The molecule has 3 fully saturated rings. The van der Waals surface area contributed by atoms with E-state index in [2.05, 4.69) is 73.6 Å². The predicted octanol–water partition coefficient (Wildman–Crippen LogP) is 10.5. The molecule has 120 heavy (non-hydrogen) atoms. The van der Waals surface area contributed by atoms with Gasteiger partial charge in [0.25, 0.3) is 5.09 Å². The number of benzene rings is 6. The number of carbonyl (C=O) groups is 3. The maximum Gasteiger partial charge on any atom is 0.308 e. The van der Waals surface area contributed by atoms with Crippen molar-refractivity contribution in [2.45, 2.75) is 233 Å². The van der Waals surface area contributed by atoms with Crippen molar-refractivity contribution in [1.29, 1.82) is 10.5 Å². The number of aromatic hydroxyl groups is 3. The molecule has 12 heterocycles. The minimum Gasteiger partial charge on any atom is -0.504 e. The number of nitrogens with zero attached hydrogens (tertiary/aromatic N) is 9. The summed E-state index contributed by atoms with van der Waals surface area (Å²) in [6, 6.07) is 8.30. The average molecular weight is 1750 g/mol. The van der Waals surface area contributed by atoms with Crippen LogP contribution in [0.25, 0.3) is 0 Å². The number of piperazine rings is 3. The summed E-state index contributed by atoms with van der Waals surface area (Å²) >= 11 is 0. The summed E-state index contributed by atoms with van der Waals surface area (Å²) in [5.74, 6) is 5.79. The second kappa shape index (κ2) is 34.1. The van der Waals surface area contributed by atoms with Gasteiger partial charge in [-0.3, -0.25) is 43.8 Å². The van der Waals surface area contributed by atoms with Gasteiger partial charge in [-0.25, -0.2) is 0 Å². The van der Waals surface area contributed by atoms with Crippen LogP contribution in [0, 0.1) is 74.3 Å². The molecule has 0 aromatic heterocycles. The molecule has 6 aromatic rings. The molecule has 12 aliphatic rings. The standard InChI is InChI=1S/C29H33N3O6.C28H32N4O6.C28H34N2O7.2CH4.Ag.HNO3/c1-7-18-23-17(27(38-15(4)33)14(3)28-29(23)37-12-36-28)10-20-24-22-16(8-13(2)26(35-6)25(22)34)9-19(31(24)5)21(11-30)32(18)20;1-12-6-15-7-17-19(9-29)32-18(23(31(17)4)21(15)24(34)25(12)35-5)8-16-22(20(32)10-30)28-27(36-11-37-28)13(2)26(16)38-14(3)33;1-7-17-21-16(25(37-14(4)31)13(3)26-27(21)36-11-35-26)10-18-22-20-15(8-12(2)24(34-6)23(20)32)9-19(29(22)5)28(33)30(17)18;;;;2-1(3)4/h8,18-21,24,34H,7,9-10,12H2,1-6H3;6,17-20,23,34H,7-8,10-11,30H2,1-5H3;8,17-19,22,28,32-33H,7,9-11H2,1-6H3;2*1H4;;(H,2,3,4)/t18-,19-,20?,21-,24-;17-,18?,19-,20-,23-;17-,18?,19-,22-,28-;;;;/m000..../s1. The van der Waals surface area contributed by atoms with Crippen LogP contribution >= 0.6 is 0 Å². The molecule has 3 unspecified atom stereocenters. The number of aryl methyl sites for hydroxylation is 3. The second-order valence-corrected chi connectivity index (χ2v) is 32.2. The Kier molecular flexibility index (Phi) is 25.3. The van der Waals surface area contributed by atoms with Gasteiger partial charge in [-0.2, -0.15) is 10.5 Å². The third-order valence-corrected chi connectivity index (χ3v) is 26.4. The Labute approximate surface area is 713 Å². The molecule has 6 aromatic carbocycles. The number of phenolic OH excluding ortho intramolecular Hbond substituents is 3. The van der Waals surface area contributed by atoms with Gasteiger partial charge in [-0.1, -0.05) is 46.9 Å². The van der Waals surface area contributed by atoms with E-state index in [1.54, 1.807) is 21.3 Å². The maximum absolute atomic E-state index is 12.2. The maximum atomic E-state index is 12.2. The minimum absolute atomic E-state index is 0. The molecule has 0 amide bonds. The smallest absolute Gasteiger partial charge is 0.308 e. The Hall–Kier alpha value is -10.1. The van der Waals surface area contributed by atoms with Gasteiger partial charge in [0.2, 0.25) is 20.4 Å². The van der Waals surface area contributed by atoms with E-state index in [0.717, 1.165) is 101 Å². The van der Waals surface area contributed by atoms with Crippen LogP contribution in [0.15, 0.2) is 18.2 Å². The van der Waals surface area contributed by atoms with E-state index in [-0.39, 0.29) is 160 Å². The zero-order valence-electron chi connectivity index (χ0n) is 69.0. The first kappa shape index (κ1) is 89.2. The Morgan fingerprint density at radius 3 is 1.05 bits per heavy atom. The van der Waals surface area contributed by atoms with Crippen molar-refractivity contribution in [3.05, 3.63) is 128 Å². The summed E-state index contributed by atoms with van der Waals surface area (Å²) in [7, 11) is 10.8. The van der Waals surface area contributed by atoms with Crippen LogP contribution in [0.1, 0.15) is 199 Å². The van der Waals surface area contributed by atoms with Gasteiger partial charge < -0.3 is 88.2 Å². The number of aliphatic hydroxyl groups excluding tert-OH is 1. The third kappa shape index (κ3) is 13.7. The monoisotopic (exact) mass is 1750 g/mol. The molecule has 0 saturated carbocycles. The van der Waals surface area contributed by atoms with Crippen LogP contribution in [-0.2, 0) is 75.3 Å². The third-order valence-electron chi connectivity index (χ3n) is 26.4. The van der Waals surface area contributed by atoms with E-state index in [9.17, 15) is 45.3 Å².